The van der Waals surface area contributed by atoms with Crippen LogP contribution in [0.4, 0.5) is 5.69 Å². The summed E-state index contributed by atoms with van der Waals surface area (Å²) in [7, 11) is -3.52. The van der Waals surface area contributed by atoms with Crippen LogP contribution in [-0.2, 0) is 14.8 Å². The van der Waals surface area contributed by atoms with Crippen molar-refractivity contribution in [3.63, 3.8) is 0 Å². The molecular weight excluding hydrogens is 376 g/mol. The fourth-order valence-corrected chi connectivity index (χ4v) is 5.00. The van der Waals surface area contributed by atoms with Gasteiger partial charge >= 0.3 is 0 Å². The molecule has 0 unspecified atom stereocenters. The second kappa shape index (κ2) is 7.37. The number of aromatic nitrogens is 2. The number of sulfonamides is 1. The van der Waals surface area contributed by atoms with Gasteiger partial charge in [0.2, 0.25) is 15.9 Å². The van der Waals surface area contributed by atoms with Gasteiger partial charge in [0, 0.05) is 24.4 Å². The van der Waals surface area contributed by atoms with Crippen molar-refractivity contribution in [2.75, 3.05) is 18.4 Å². The highest BCUT2D eigenvalue weighted by molar-refractivity contribution is 7.89. The molecule has 0 radical (unpaired) electrons. The van der Waals surface area contributed by atoms with Crippen LogP contribution in [-0.4, -0.2) is 41.9 Å². The third-order valence-corrected chi connectivity index (χ3v) is 7.13. The Morgan fingerprint density at radius 3 is 2.57 bits per heavy atom. The molecule has 1 saturated heterocycles. The van der Waals surface area contributed by atoms with Crippen LogP contribution in [0.25, 0.3) is 10.9 Å². The monoisotopic (exact) mass is 398 g/mol. The molecule has 3 aromatic rings. The Bertz CT molecular complexity index is 1100. The lowest BCUT2D eigenvalue weighted by Gasteiger charge is -2.30. The molecule has 7 nitrogen and oxygen atoms in total. The molecule has 1 aromatic heterocycles. The van der Waals surface area contributed by atoms with Gasteiger partial charge in [-0.3, -0.25) is 9.89 Å². The lowest BCUT2D eigenvalue weighted by molar-refractivity contribution is -0.120. The summed E-state index contributed by atoms with van der Waals surface area (Å²) in [6, 6.07) is 12.5. The van der Waals surface area contributed by atoms with Gasteiger partial charge in [-0.25, -0.2) is 8.42 Å². The Hall–Kier alpha value is -2.71. The smallest absolute Gasteiger partial charge is 0.243 e. The molecule has 1 fully saturated rings. The molecule has 1 aliphatic rings. The number of H-pyrrole nitrogens is 1. The van der Waals surface area contributed by atoms with Gasteiger partial charge in [-0.1, -0.05) is 29.8 Å². The van der Waals surface area contributed by atoms with E-state index in [-0.39, 0.29) is 11.8 Å². The molecule has 8 heteroatoms. The highest BCUT2D eigenvalue weighted by Gasteiger charge is 2.32. The van der Waals surface area contributed by atoms with E-state index in [0.717, 1.165) is 16.5 Å². The first-order valence-corrected chi connectivity index (χ1v) is 10.7. The first kappa shape index (κ1) is 18.6. The topological polar surface area (TPSA) is 95.2 Å². The predicted molar refractivity (Wildman–Crippen MR) is 107 cm³/mol. The Kier molecular flexibility index (Phi) is 4.91. The van der Waals surface area contributed by atoms with E-state index in [0.29, 0.717) is 36.5 Å². The van der Waals surface area contributed by atoms with Crippen molar-refractivity contribution in [3.8, 4) is 0 Å². The summed E-state index contributed by atoms with van der Waals surface area (Å²) < 4.78 is 27.1. The van der Waals surface area contributed by atoms with E-state index in [1.54, 1.807) is 30.5 Å². The van der Waals surface area contributed by atoms with Gasteiger partial charge in [-0.05, 0) is 38.0 Å². The number of aromatic amines is 1. The molecule has 1 amide bonds. The Labute approximate surface area is 163 Å². The second-order valence-corrected chi connectivity index (χ2v) is 9.06. The van der Waals surface area contributed by atoms with Crippen LogP contribution in [0, 0.1) is 12.8 Å². The van der Waals surface area contributed by atoms with Crippen molar-refractivity contribution < 1.29 is 13.2 Å². The molecule has 0 bridgehead atoms. The Balaban J connectivity index is 1.41. The average molecular weight is 398 g/mol. The molecule has 0 atom stereocenters. The van der Waals surface area contributed by atoms with E-state index in [1.165, 1.54) is 4.31 Å². The number of carbonyl (C=O) groups excluding carboxylic acids is 1. The summed E-state index contributed by atoms with van der Waals surface area (Å²) in [6.07, 6.45) is 2.70. The van der Waals surface area contributed by atoms with Crippen molar-refractivity contribution in [1.29, 1.82) is 0 Å². The minimum atomic E-state index is -3.52. The van der Waals surface area contributed by atoms with Gasteiger partial charge < -0.3 is 5.32 Å². The summed E-state index contributed by atoms with van der Waals surface area (Å²) in [6.45, 7) is 2.59. The van der Waals surface area contributed by atoms with Gasteiger partial charge in [0.15, 0.2) is 0 Å². The summed E-state index contributed by atoms with van der Waals surface area (Å²) >= 11 is 0. The minimum absolute atomic E-state index is 0.0884. The zero-order chi connectivity index (χ0) is 19.7. The number of benzene rings is 2. The fourth-order valence-electron chi connectivity index (χ4n) is 3.53. The zero-order valence-electron chi connectivity index (χ0n) is 15.6. The number of piperidine rings is 1. The summed E-state index contributed by atoms with van der Waals surface area (Å²) in [5.41, 5.74) is 2.49. The standard InChI is InChI=1S/C20H22N4O3S/c1-14-5-7-17(8-6-14)28(26,27)24-11-9-15(10-12-24)20(25)22-18-4-2-3-16-13-21-23-19(16)18/h2-8,13,15H,9-12H2,1H3,(H,21,23)(H,22,25). The molecule has 146 valence electrons. The van der Waals surface area contributed by atoms with Crippen molar-refractivity contribution in [3.05, 3.63) is 54.2 Å². The predicted octanol–water partition coefficient (Wildman–Crippen LogP) is 2.91. The van der Waals surface area contributed by atoms with Gasteiger partial charge in [-0.2, -0.15) is 9.40 Å². The van der Waals surface area contributed by atoms with Crippen molar-refractivity contribution in [2.45, 2.75) is 24.7 Å². The maximum atomic E-state index is 12.8. The molecule has 4 rings (SSSR count). The quantitative estimate of drug-likeness (QED) is 0.706. The van der Waals surface area contributed by atoms with Crippen LogP contribution >= 0.6 is 0 Å². The Morgan fingerprint density at radius 2 is 1.86 bits per heavy atom. The molecule has 0 aliphatic carbocycles. The Morgan fingerprint density at radius 1 is 1.14 bits per heavy atom. The molecule has 1 aliphatic heterocycles. The van der Waals surface area contributed by atoms with Crippen molar-refractivity contribution in [1.82, 2.24) is 14.5 Å². The van der Waals surface area contributed by atoms with Crippen LogP contribution < -0.4 is 5.32 Å². The van der Waals surface area contributed by atoms with E-state index >= 15 is 0 Å². The number of nitrogens with one attached hydrogen (secondary N) is 2. The number of carbonyl (C=O) groups is 1. The molecule has 2 N–H and O–H groups in total. The van der Waals surface area contributed by atoms with Gasteiger partial charge in [0.05, 0.1) is 22.3 Å². The fraction of sp³-hybridized carbons (Fsp3) is 0.300. The first-order valence-electron chi connectivity index (χ1n) is 9.25. The highest BCUT2D eigenvalue weighted by Crippen LogP contribution is 2.26. The van der Waals surface area contributed by atoms with Gasteiger partial charge in [-0.15, -0.1) is 0 Å². The van der Waals surface area contributed by atoms with Gasteiger partial charge in [0.1, 0.15) is 0 Å². The van der Waals surface area contributed by atoms with Crippen LogP contribution in [0.3, 0.4) is 0 Å². The zero-order valence-corrected chi connectivity index (χ0v) is 16.4. The number of aryl methyl sites for hydroxylation is 1. The van der Waals surface area contributed by atoms with Crippen LogP contribution in [0.15, 0.2) is 53.6 Å². The molecule has 2 aromatic carbocycles. The van der Waals surface area contributed by atoms with E-state index in [2.05, 4.69) is 15.5 Å². The molecule has 0 spiro atoms. The van der Waals surface area contributed by atoms with Crippen LogP contribution in [0.5, 0.6) is 0 Å². The molecule has 2 heterocycles. The largest absolute Gasteiger partial charge is 0.324 e. The summed E-state index contributed by atoms with van der Waals surface area (Å²) in [4.78, 5) is 13.0. The normalized spacial score (nSPS) is 16.3. The number of rotatable bonds is 4. The van der Waals surface area contributed by atoms with E-state index in [1.807, 2.05) is 25.1 Å². The van der Waals surface area contributed by atoms with Crippen LogP contribution in [0.2, 0.25) is 0 Å². The molecular formula is C20H22N4O3S. The number of fused-ring (bicyclic) bond motifs is 1. The number of nitrogens with zero attached hydrogens (tertiary/aromatic N) is 2. The second-order valence-electron chi connectivity index (χ2n) is 7.12. The first-order chi connectivity index (χ1) is 13.4. The lowest BCUT2D eigenvalue weighted by Crippen LogP contribution is -2.41. The number of hydrogen-bond acceptors (Lipinski definition) is 4. The summed E-state index contributed by atoms with van der Waals surface area (Å²) in [5.74, 6) is -0.308. The van der Waals surface area contributed by atoms with E-state index in [9.17, 15) is 13.2 Å². The van der Waals surface area contributed by atoms with Crippen LogP contribution in [0.1, 0.15) is 18.4 Å². The molecule has 28 heavy (non-hydrogen) atoms. The minimum Gasteiger partial charge on any atom is -0.324 e. The number of amides is 1. The maximum Gasteiger partial charge on any atom is 0.243 e. The summed E-state index contributed by atoms with van der Waals surface area (Å²) in [5, 5.41) is 10.8. The average Bonchev–Trinajstić information content (AvgIpc) is 3.18. The lowest BCUT2D eigenvalue weighted by atomic mass is 9.97. The van der Waals surface area contributed by atoms with Crippen molar-refractivity contribution in [2.24, 2.45) is 5.92 Å². The number of anilines is 1. The third kappa shape index (κ3) is 3.53. The third-order valence-electron chi connectivity index (χ3n) is 5.22. The molecule has 0 saturated carbocycles. The number of hydrogen-bond donors (Lipinski definition) is 2. The highest BCUT2D eigenvalue weighted by atomic mass is 32.2. The maximum absolute atomic E-state index is 12.8. The SMILES string of the molecule is Cc1ccc(S(=O)(=O)N2CCC(C(=O)Nc3cccc4cn[nH]c34)CC2)cc1. The van der Waals surface area contributed by atoms with E-state index in [4.69, 9.17) is 0 Å². The van der Waals surface area contributed by atoms with Gasteiger partial charge in [0.25, 0.3) is 0 Å². The number of para-hydroxylation sites is 1. The van der Waals surface area contributed by atoms with E-state index < -0.39 is 10.0 Å². The van der Waals surface area contributed by atoms with Crippen molar-refractivity contribution >= 4 is 32.5 Å².